The lowest BCUT2D eigenvalue weighted by Crippen LogP contribution is -2.21. The van der Waals surface area contributed by atoms with E-state index in [0.29, 0.717) is 5.69 Å². The zero-order valence-electron chi connectivity index (χ0n) is 8.33. The maximum atomic E-state index is 13.0. The minimum atomic E-state index is -0.225. The van der Waals surface area contributed by atoms with Crippen LogP contribution in [-0.4, -0.2) is 13.6 Å². The molecule has 0 radical (unpaired) electrons. The van der Waals surface area contributed by atoms with Gasteiger partial charge in [-0.15, -0.1) is 0 Å². The Morgan fingerprint density at radius 3 is 2.86 bits per heavy atom. The van der Waals surface area contributed by atoms with Crippen LogP contribution in [0, 0.1) is 11.7 Å². The predicted molar refractivity (Wildman–Crippen MR) is 56.8 cm³/mol. The summed E-state index contributed by atoms with van der Waals surface area (Å²) in [5, 5.41) is 0. The number of rotatable bonds is 3. The Morgan fingerprint density at radius 1 is 1.50 bits per heavy atom. The maximum absolute atomic E-state index is 13.0. The normalized spacial score (nSPS) is 15.6. The van der Waals surface area contributed by atoms with Crippen molar-refractivity contribution < 1.29 is 4.39 Å². The van der Waals surface area contributed by atoms with Crippen molar-refractivity contribution >= 4 is 11.4 Å². The van der Waals surface area contributed by atoms with Gasteiger partial charge in [0.05, 0.1) is 11.4 Å². The van der Waals surface area contributed by atoms with Crippen LogP contribution in [0.4, 0.5) is 15.8 Å². The SMILES string of the molecule is CN(CC1CC1)c1cc(F)ccc1N. The highest BCUT2D eigenvalue weighted by Gasteiger charge is 2.23. The van der Waals surface area contributed by atoms with Crippen LogP contribution in [0.25, 0.3) is 0 Å². The highest BCUT2D eigenvalue weighted by Crippen LogP contribution is 2.32. The second-order valence-electron chi connectivity index (χ2n) is 4.03. The fourth-order valence-electron chi connectivity index (χ4n) is 1.63. The molecule has 0 aliphatic heterocycles. The monoisotopic (exact) mass is 194 g/mol. The lowest BCUT2D eigenvalue weighted by atomic mass is 10.2. The van der Waals surface area contributed by atoms with E-state index in [4.69, 9.17) is 5.73 Å². The van der Waals surface area contributed by atoms with E-state index in [1.165, 1.54) is 25.0 Å². The molecule has 0 unspecified atom stereocenters. The predicted octanol–water partition coefficient (Wildman–Crippen LogP) is 2.25. The van der Waals surface area contributed by atoms with E-state index in [2.05, 4.69) is 0 Å². The summed E-state index contributed by atoms with van der Waals surface area (Å²) < 4.78 is 13.0. The van der Waals surface area contributed by atoms with Gasteiger partial charge in [0.2, 0.25) is 0 Å². The molecule has 14 heavy (non-hydrogen) atoms. The molecule has 0 bridgehead atoms. The number of halogens is 1. The van der Waals surface area contributed by atoms with E-state index in [-0.39, 0.29) is 5.82 Å². The molecule has 0 spiro atoms. The van der Waals surface area contributed by atoms with Crippen molar-refractivity contribution in [2.45, 2.75) is 12.8 Å². The molecule has 1 aliphatic rings. The summed E-state index contributed by atoms with van der Waals surface area (Å²) in [6, 6.07) is 4.51. The number of hydrogen-bond acceptors (Lipinski definition) is 2. The molecule has 1 aromatic rings. The molecule has 0 saturated heterocycles. The highest BCUT2D eigenvalue weighted by atomic mass is 19.1. The van der Waals surface area contributed by atoms with Gasteiger partial charge in [0, 0.05) is 13.6 Å². The number of anilines is 2. The first-order valence-corrected chi connectivity index (χ1v) is 4.93. The number of benzene rings is 1. The van der Waals surface area contributed by atoms with E-state index in [0.717, 1.165) is 18.2 Å². The van der Waals surface area contributed by atoms with E-state index in [1.807, 2.05) is 11.9 Å². The van der Waals surface area contributed by atoms with Crippen molar-refractivity contribution in [3.63, 3.8) is 0 Å². The summed E-state index contributed by atoms with van der Waals surface area (Å²) in [6.45, 7) is 0.980. The topological polar surface area (TPSA) is 29.3 Å². The zero-order chi connectivity index (χ0) is 10.1. The van der Waals surface area contributed by atoms with Gasteiger partial charge in [0.1, 0.15) is 5.82 Å². The number of hydrogen-bond donors (Lipinski definition) is 1. The van der Waals surface area contributed by atoms with Gasteiger partial charge in [0.25, 0.3) is 0 Å². The molecular weight excluding hydrogens is 179 g/mol. The van der Waals surface area contributed by atoms with Gasteiger partial charge < -0.3 is 10.6 Å². The van der Waals surface area contributed by atoms with Crippen molar-refractivity contribution in [2.75, 3.05) is 24.2 Å². The van der Waals surface area contributed by atoms with Gasteiger partial charge in [-0.2, -0.15) is 0 Å². The Morgan fingerprint density at radius 2 is 2.21 bits per heavy atom. The quantitative estimate of drug-likeness (QED) is 0.748. The average molecular weight is 194 g/mol. The number of nitrogens with zero attached hydrogens (tertiary/aromatic N) is 1. The number of nitrogens with two attached hydrogens (primary N) is 1. The van der Waals surface area contributed by atoms with Gasteiger partial charge in [-0.25, -0.2) is 4.39 Å². The largest absolute Gasteiger partial charge is 0.397 e. The Labute approximate surface area is 83.5 Å². The lowest BCUT2D eigenvalue weighted by molar-refractivity contribution is 0.627. The maximum Gasteiger partial charge on any atom is 0.125 e. The molecule has 0 heterocycles. The first-order chi connectivity index (χ1) is 6.66. The third kappa shape index (κ3) is 1.97. The van der Waals surface area contributed by atoms with Crippen LogP contribution in [0.2, 0.25) is 0 Å². The molecule has 76 valence electrons. The Kier molecular flexibility index (Phi) is 2.32. The van der Waals surface area contributed by atoms with E-state index >= 15 is 0 Å². The third-order valence-corrected chi connectivity index (χ3v) is 2.63. The fourth-order valence-corrected chi connectivity index (χ4v) is 1.63. The van der Waals surface area contributed by atoms with Gasteiger partial charge in [0.15, 0.2) is 0 Å². The number of nitrogen functional groups attached to an aromatic ring is 1. The molecule has 0 atom stereocenters. The molecule has 0 amide bonds. The molecule has 2 nitrogen and oxygen atoms in total. The minimum Gasteiger partial charge on any atom is -0.397 e. The van der Waals surface area contributed by atoms with Crippen LogP contribution in [-0.2, 0) is 0 Å². The zero-order valence-corrected chi connectivity index (χ0v) is 8.33. The summed E-state index contributed by atoms with van der Waals surface area (Å²) in [7, 11) is 1.96. The summed E-state index contributed by atoms with van der Waals surface area (Å²) in [6.07, 6.45) is 2.58. The summed E-state index contributed by atoms with van der Waals surface area (Å²) in [5.41, 5.74) is 7.23. The van der Waals surface area contributed by atoms with Crippen LogP contribution >= 0.6 is 0 Å². The second-order valence-corrected chi connectivity index (χ2v) is 4.03. The molecule has 1 aromatic carbocycles. The minimum absolute atomic E-state index is 0.225. The smallest absolute Gasteiger partial charge is 0.125 e. The molecule has 2 rings (SSSR count). The van der Waals surface area contributed by atoms with Crippen molar-refractivity contribution in [3.8, 4) is 0 Å². The second kappa shape index (κ2) is 3.48. The first kappa shape index (κ1) is 9.31. The average Bonchev–Trinajstić information content (AvgIpc) is 2.93. The molecule has 0 aromatic heterocycles. The highest BCUT2D eigenvalue weighted by molar-refractivity contribution is 5.67. The molecule has 1 saturated carbocycles. The Bertz CT molecular complexity index is 334. The Hall–Kier alpha value is -1.25. The van der Waals surface area contributed by atoms with Crippen molar-refractivity contribution in [1.82, 2.24) is 0 Å². The fraction of sp³-hybridized carbons (Fsp3) is 0.455. The van der Waals surface area contributed by atoms with E-state index < -0.39 is 0 Å². The standard InChI is InChI=1S/C11H15FN2/c1-14(7-8-2-3-8)11-6-9(12)4-5-10(11)13/h4-6,8H,2-3,7,13H2,1H3. The molecule has 1 aliphatic carbocycles. The van der Waals surface area contributed by atoms with Crippen molar-refractivity contribution in [3.05, 3.63) is 24.0 Å². The Balaban J connectivity index is 2.15. The molecule has 2 N–H and O–H groups in total. The summed E-state index contributed by atoms with van der Waals surface area (Å²) >= 11 is 0. The molecular formula is C11H15FN2. The van der Waals surface area contributed by atoms with E-state index in [1.54, 1.807) is 6.07 Å². The lowest BCUT2D eigenvalue weighted by Gasteiger charge is -2.20. The summed E-state index contributed by atoms with van der Waals surface area (Å²) in [4.78, 5) is 2.04. The van der Waals surface area contributed by atoms with Gasteiger partial charge in [-0.3, -0.25) is 0 Å². The van der Waals surface area contributed by atoms with Crippen LogP contribution in [0.3, 0.4) is 0 Å². The summed E-state index contributed by atoms with van der Waals surface area (Å²) in [5.74, 6) is 0.555. The third-order valence-electron chi connectivity index (χ3n) is 2.63. The van der Waals surface area contributed by atoms with Gasteiger partial charge >= 0.3 is 0 Å². The van der Waals surface area contributed by atoms with Crippen LogP contribution in [0.1, 0.15) is 12.8 Å². The van der Waals surface area contributed by atoms with Gasteiger partial charge in [-0.1, -0.05) is 0 Å². The van der Waals surface area contributed by atoms with Crippen molar-refractivity contribution in [2.24, 2.45) is 5.92 Å². The van der Waals surface area contributed by atoms with Crippen LogP contribution in [0.15, 0.2) is 18.2 Å². The van der Waals surface area contributed by atoms with Crippen molar-refractivity contribution in [1.29, 1.82) is 0 Å². The van der Waals surface area contributed by atoms with Crippen LogP contribution in [0.5, 0.6) is 0 Å². The van der Waals surface area contributed by atoms with Gasteiger partial charge in [-0.05, 0) is 37.0 Å². The molecule has 1 fully saturated rings. The van der Waals surface area contributed by atoms with E-state index in [9.17, 15) is 4.39 Å². The molecule has 3 heteroatoms. The van der Waals surface area contributed by atoms with Crippen LogP contribution < -0.4 is 10.6 Å². The first-order valence-electron chi connectivity index (χ1n) is 4.93.